The molecule has 0 bridgehead atoms. The third-order valence-electron chi connectivity index (χ3n) is 8.19. The van der Waals surface area contributed by atoms with Crippen molar-refractivity contribution >= 4 is 11.0 Å². The summed E-state index contributed by atoms with van der Waals surface area (Å²) in [4.78, 5) is 4.98. The number of fused-ring (bicyclic) bond motifs is 1. The third-order valence-corrected chi connectivity index (χ3v) is 8.19. The van der Waals surface area contributed by atoms with Gasteiger partial charge in [0.2, 0.25) is 11.2 Å². The van der Waals surface area contributed by atoms with Gasteiger partial charge < -0.3 is 0 Å². The van der Waals surface area contributed by atoms with E-state index in [0.29, 0.717) is 17.8 Å². The Morgan fingerprint density at radius 1 is 0.795 bits per heavy atom. The fourth-order valence-corrected chi connectivity index (χ4v) is 5.83. The van der Waals surface area contributed by atoms with Crippen LogP contribution in [-0.4, -0.2) is 4.98 Å². The molecule has 2 heteroatoms. The molecule has 0 aliphatic heterocycles. The Labute approximate surface area is 237 Å². The van der Waals surface area contributed by atoms with Crippen LogP contribution in [0.25, 0.3) is 33.4 Å². The van der Waals surface area contributed by atoms with E-state index in [1.165, 1.54) is 55.6 Å². The number of rotatable bonds is 6. The number of hydrogen-bond acceptors (Lipinski definition) is 1. The minimum Gasteiger partial charge on any atom is -0.243 e. The predicted molar refractivity (Wildman–Crippen MR) is 169 cm³/mol. The van der Waals surface area contributed by atoms with E-state index in [1.54, 1.807) is 0 Å². The number of nitrogens with zero attached hydrogens (tertiary/aromatic N) is 2. The summed E-state index contributed by atoms with van der Waals surface area (Å²) in [5, 5.41) is 0. The van der Waals surface area contributed by atoms with Crippen LogP contribution in [0.1, 0.15) is 113 Å². The Balaban J connectivity index is 1.94. The third kappa shape index (κ3) is 5.96. The molecule has 39 heavy (non-hydrogen) atoms. The van der Waals surface area contributed by atoms with Crippen LogP contribution in [0.5, 0.6) is 0 Å². The van der Waals surface area contributed by atoms with E-state index in [1.807, 2.05) is 0 Å². The molecule has 3 aromatic carbocycles. The zero-order valence-corrected chi connectivity index (χ0v) is 26.5. The topological polar surface area (TPSA) is 16.8 Å². The number of benzene rings is 3. The van der Waals surface area contributed by atoms with E-state index in [9.17, 15) is 0 Å². The van der Waals surface area contributed by atoms with Crippen molar-refractivity contribution in [2.24, 2.45) is 12.5 Å². The molecule has 4 rings (SSSR count). The monoisotopic (exact) mass is 521 g/mol. The Morgan fingerprint density at radius 2 is 1.41 bits per heavy atom. The maximum absolute atomic E-state index is 4.98. The zero-order valence-electron chi connectivity index (χ0n) is 26.5. The lowest BCUT2D eigenvalue weighted by atomic mass is 9.80. The van der Waals surface area contributed by atoms with Gasteiger partial charge in [0.15, 0.2) is 0 Å². The first-order chi connectivity index (χ1) is 18.2. The summed E-state index contributed by atoms with van der Waals surface area (Å²) >= 11 is 0. The van der Waals surface area contributed by atoms with Gasteiger partial charge in [-0.25, -0.2) is 4.98 Å². The van der Waals surface area contributed by atoms with Crippen molar-refractivity contribution in [2.45, 2.75) is 100 Å². The van der Waals surface area contributed by atoms with Crippen LogP contribution in [0, 0.1) is 19.3 Å². The van der Waals surface area contributed by atoms with Gasteiger partial charge in [0.1, 0.15) is 18.8 Å². The van der Waals surface area contributed by atoms with Crippen LogP contribution in [-0.2, 0) is 13.5 Å². The second kappa shape index (κ2) is 10.9. The Kier molecular flexibility index (Phi) is 8.08. The standard InChI is InChI=1S/C37H49N2/c1-22(2)28-17-30(23(3)4)36(31(18-28)24(5)6)29-15-25(7)26(8)32(19-29)35-21-38-33-16-27(20-37(9,10)11)13-14-34(33)39(35)12/h13-19,21-24H,20H2,1-12H3/q+1. The van der Waals surface area contributed by atoms with Gasteiger partial charge in [-0.3, -0.25) is 0 Å². The first-order valence-corrected chi connectivity index (χ1v) is 14.7. The Bertz CT molecular complexity index is 1480. The second-order valence-electron chi connectivity index (χ2n) is 13.8. The van der Waals surface area contributed by atoms with Gasteiger partial charge in [0.05, 0.1) is 5.56 Å². The first-order valence-electron chi connectivity index (χ1n) is 14.7. The molecular weight excluding hydrogens is 472 g/mol. The van der Waals surface area contributed by atoms with Gasteiger partial charge in [0.25, 0.3) is 0 Å². The molecule has 0 radical (unpaired) electrons. The maximum atomic E-state index is 4.98. The predicted octanol–water partition coefficient (Wildman–Crippen LogP) is 9.97. The van der Waals surface area contributed by atoms with Crippen LogP contribution in [0.4, 0.5) is 0 Å². The van der Waals surface area contributed by atoms with Crippen molar-refractivity contribution in [3.8, 4) is 22.4 Å². The highest BCUT2D eigenvalue weighted by Crippen LogP contribution is 2.41. The van der Waals surface area contributed by atoms with Gasteiger partial charge in [-0.05, 0) is 100 Å². The molecule has 1 heterocycles. The fraction of sp³-hybridized carbons (Fsp3) is 0.459. The largest absolute Gasteiger partial charge is 0.243 e. The molecule has 0 N–H and O–H groups in total. The van der Waals surface area contributed by atoms with E-state index >= 15 is 0 Å². The molecule has 0 fully saturated rings. The quantitative estimate of drug-likeness (QED) is 0.231. The molecular formula is C37H49N2+. The van der Waals surface area contributed by atoms with Crippen LogP contribution in [0.3, 0.4) is 0 Å². The molecule has 0 unspecified atom stereocenters. The lowest BCUT2D eigenvalue weighted by Gasteiger charge is -2.24. The van der Waals surface area contributed by atoms with Gasteiger partial charge in [-0.1, -0.05) is 86.6 Å². The van der Waals surface area contributed by atoms with E-state index in [0.717, 1.165) is 17.6 Å². The summed E-state index contributed by atoms with van der Waals surface area (Å²) in [6.45, 7) is 25.3. The van der Waals surface area contributed by atoms with Crippen molar-refractivity contribution in [1.82, 2.24) is 4.98 Å². The van der Waals surface area contributed by atoms with E-state index in [-0.39, 0.29) is 5.41 Å². The molecule has 0 atom stereocenters. The molecule has 2 nitrogen and oxygen atoms in total. The maximum Gasteiger partial charge on any atom is 0.231 e. The molecule has 0 saturated carbocycles. The Morgan fingerprint density at radius 3 is 1.95 bits per heavy atom. The second-order valence-corrected chi connectivity index (χ2v) is 13.8. The highest BCUT2D eigenvalue weighted by atomic mass is 15.0. The Hall–Kier alpha value is -3.00. The van der Waals surface area contributed by atoms with Crippen LogP contribution in [0.2, 0.25) is 0 Å². The molecule has 0 amide bonds. The molecule has 0 aliphatic carbocycles. The van der Waals surface area contributed by atoms with Crippen LogP contribution in [0.15, 0.2) is 48.7 Å². The fourth-order valence-electron chi connectivity index (χ4n) is 5.83. The van der Waals surface area contributed by atoms with E-state index in [4.69, 9.17) is 4.98 Å². The van der Waals surface area contributed by atoms with E-state index in [2.05, 4.69) is 136 Å². The highest BCUT2D eigenvalue weighted by molar-refractivity contribution is 5.80. The highest BCUT2D eigenvalue weighted by Gasteiger charge is 2.23. The number of aryl methyl sites for hydroxylation is 2. The summed E-state index contributed by atoms with van der Waals surface area (Å²) in [5.41, 5.74) is 15.9. The molecule has 0 saturated heterocycles. The van der Waals surface area contributed by atoms with Crippen molar-refractivity contribution in [3.05, 3.63) is 82.0 Å². The zero-order chi connectivity index (χ0) is 28.8. The van der Waals surface area contributed by atoms with Crippen molar-refractivity contribution in [3.63, 3.8) is 0 Å². The molecule has 0 spiro atoms. The van der Waals surface area contributed by atoms with Crippen molar-refractivity contribution in [2.75, 3.05) is 0 Å². The average molecular weight is 522 g/mol. The SMILES string of the molecule is Cc1cc(-c2c(C(C)C)cc(C(C)C)cc2C(C)C)cc(-c2cnc3cc(CC(C)(C)C)ccc3[n+]2C)c1C. The molecule has 0 aliphatic rings. The number of hydrogen-bond donors (Lipinski definition) is 0. The van der Waals surface area contributed by atoms with E-state index < -0.39 is 0 Å². The van der Waals surface area contributed by atoms with Crippen LogP contribution >= 0.6 is 0 Å². The van der Waals surface area contributed by atoms with Gasteiger partial charge in [0, 0.05) is 6.07 Å². The lowest BCUT2D eigenvalue weighted by molar-refractivity contribution is -0.634. The van der Waals surface area contributed by atoms with Gasteiger partial charge in [-0.15, -0.1) is 0 Å². The van der Waals surface area contributed by atoms with Crippen molar-refractivity contribution < 1.29 is 4.57 Å². The summed E-state index contributed by atoms with van der Waals surface area (Å²) < 4.78 is 2.32. The minimum atomic E-state index is 0.252. The average Bonchev–Trinajstić information content (AvgIpc) is 2.84. The minimum absolute atomic E-state index is 0.252. The summed E-state index contributed by atoms with van der Waals surface area (Å²) in [6.07, 6.45) is 3.12. The van der Waals surface area contributed by atoms with Gasteiger partial charge >= 0.3 is 0 Å². The van der Waals surface area contributed by atoms with Crippen LogP contribution < -0.4 is 4.57 Å². The summed E-state index contributed by atoms with van der Waals surface area (Å²) in [5.74, 6) is 1.40. The van der Waals surface area contributed by atoms with Gasteiger partial charge in [-0.2, -0.15) is 4.57 Å². The molecule has 206 valence electrons. The summed E-state index contributed by atoms with van der Waals surface area (Å²) in [7, 11) is 2.18. The smallest absolute Gasteiger partial charge is 0.231 e. The van der Waals surface area contributed by atoms with Crippen molar-refractivity contribution in [1.29, 1.82) is 0 Å². The summed E-state index contributed by atoms with van der Waals surface area (Å²) in [6, 6.07) is 16.5. The molecule has 1 aromatic heterocycles. The first kappa shape index (κ1) is 29.0. The lowest BCUT2D eigenvalue weighted by Crippen LogP contribution is -2.33. The normalized spacial score (nSPS) is 12.4. The number of aromatic nitrogens is 2. The molecule has 4 aromatic rings.